The van der Waals surface area contributed by atoms with Crippen LogP contribution in [0.25, 0.3) is 11.1 Å². The van der Waals surface area contributed by atoms with Crippen molar-refractivity contribution in [1.29, 1.82) is 0 Å². The molecule has 1 amide bonds. The molecule has 0 unspecified atom stereocenters. The van der Waals surface area contributed by atoms with Gasteiger partial charge in [0.2, 0.25) is 5.88 Å². The van der Waals surface area contributed by atoms with E-state index in [0.29, 0.717) is 37.3 Å². The molecule has 0 spiro atoms. The Bertz CT molecular complexity index is 1540. The van der Waals surface area contributed by atoms with Crippen LogP contribution in [0.2, 0.25) is 18.1 Å². The first kappa shape index (κ1) is 32.2. The number of rotatable bonds is 10. The molecule has 2 aliphatic rings. The Kier molecular flexibility index (Phi) is 8.74. The molecule has 44 heavy (non-hydrogen) atoms. The molecule has 1 saturated carbocycles. The van der Waals surface area contributed by atoms with Crippen LogP contribution in [0.3, 0.4) is 0 Å². The fourth-order valence-corrected chi connectivity index (χ4v) is 6.53. The van der Waals surface area contributed by atoms with Gasteiger partial charge in [-0.3, -0.25) is 9.78 Å². The van der Waals surface area contributed by atoms with Crippen LogP contribution < -0.4 is 10.1 Å². The van der Waals surface area contributed by atoms with Gasteiger partial charge in [-0.05, 0) is 90.8 Å². The lowest BCUT2D eigenvalue weighted by molar-refractivity contribution is 0.0127. The number of ether oxygens (including phenoxy) is 2. The van der Waals surface area contributed by atoms with Crippen molar-refractivity contribution in [2.45, 2.75) is 76.9 Å². The molecular formula is C34H43F2N3O4Si. The number of hydrogen-bond donors (Lipinski definition) is 1. The fourth-order valence-electron chi connectivity index (χ4n) is 5.50. The minimum atomic E-state index is -3.15. The number of halogens is 2. The third-order valence-corrected chi connectivity index (χ3v) is 14.0. The third kappa shape index (κ3) is 6.87. The standard InChI is InChI=1S/C34H43F2N3O4Si/c1-22-8-9-26(38-31(40)23-10-12-37-28(16-23)33(5,35)36)19-27(22)24-17-29(34-11-13-41-21-25(34)20-34)39-30(18-24)42-14-15-43-44(6,7)32(2,3)4/h8-10,12,16-19,25H,11,13-15,20-21H2,1-7H3,(H,38,40)/t25-,34+/m0/s1. The molecule has 1 saturated heterocycles. The number of amides is 1. The van der Waals surface area contributed by atoms with Crippen LogP contribution in [0.5, 0.6) is 5.88 Å². The highest BCUT2D eigenvalue weighted by Gasteiger charge is 2.58. The smallest absolute Gasteiger partial charge is 0.286 e. The minimum absolute atomic E-state index is 0.00979. The number of nitrogens with zero attached hydrogens (tertiary/aromatic N) is 2. The number of hydrogen-bond acceptors (Lipinski definition) is 6. The number of carbonyl (C=O) groups excluding carboxylic acids is 1. The van der Waals surface area contributed by atoms with E-state index >= 15 is 0 Å². The summed E-state index contributed by atoms with van der Waals surface area (Å²) >= 11 is 0. The van der Waals surface area contributed by atoms with E-state index in [1.807, 2.05) is 25.1 Å². The summed E-state index contributed by atoms with van der Waals surface area (Å²) in [5.41, 5.74) is 4.07. The van der Waals surface area contributed by atoms with Gasteiger partial charge in [0.15, 0.2) is 8.32 Å². The maximum absolute atomic E-state index is 13.8. The van der Waals surface area contributed by atoms with Crippen LogP contribution in [0.1, 0.15) is 67.8 Å². The topological polar surface area (TPSA) is 82.6 Å². The van der Waals surface area contributed by atoms with E-state index in [0.717, 1.165) is 54.8 Å². The molecule has 1 aromatic carbocycles. The van der Waals surface area contributed by atoms with Gasteiger partial charge >= 0.3 is 0 Å². The first-order valence-electron chi connectivity index (χ1n) is 15.2. The number of nitrogens with one attached hydrogen (secondary N) is 1. The second-order valence-electron chi connectivity index (χ2n) is 13.7. The predicted molar refractivity (Wildman–Crippen MR) is 170 cm³/mol. The van der Waals surface area contributed by atoms with Crippen LogP contribution in [0.15, 0.2) is 48.7 Å². The zero-order valence-electron chi connectivity index (χ0n) is 26.7. The molecule has 7 nitrogen and oxygen atoms in total. The van der Waals surface area contributed by atoms with Gasteiger partial charge in [0.05, 0.1) is 18.9 Å². The molecule has 3 aromatic rings. The Morgan fingerprint density at radius 3 is 2.59 bits per heavy atom. The first-order chi connectivity index (χ1) is 20.6. The number of aromatic nitrogens is 2. The van der Waals surface area contributed by atoms with E-state index in [-0.39, 0.29) is 16.0 Å². The molecule has 1 aliphatic carbocycles. The Morgan fingerprint density at radius 1 is 1.11 bits per heavy atom. The number of benzene rings is 1. The fraction of sp³-hybridized carbons (Fsp3) is 0.500. The van der Waals surface area contributed by atoms with Crippen molar-refractivity contribution in [3.05, 3.63) is 71.2 Å². The number of carbonyl (C=O) groups is 1. The van der Waals surface area contributed by atoms with Crippen molar-refractivity contribution >= 4 is 19.9 Å². The lowest BCUT2D eigenvalue weighted by atomic mass is 9.90. The van der Waals surface area contributed by atoms with Crippen LogP contribution in [-0.2, 0) is 20.5 Å². The van der Waals surface area contributed by atoms with Gasteiger partial charge in [-0.15, -0.1) is 0 Å². The van der Waals surface area contributed by atoms with Gasteiger partial charge in [0.25, 0.3) is 11.8 Å². The molecule has 3 heterocycles. The second kappa shape index (κ2) is 11.9. The zero-order valence-corrected chi connectivity index (χ0v) is 27.7. The lowest BCUT2D eigenvalue weighted by Gasteiger charge is -2.36. The SMILES string of the molecule is Cc1ccc(NC(=O)c2ccnc(C(C)(F)F)c2)cc1-c1cc(OCCO[Si](C)(C)C(C)(C)C)nc([C@@]23CCOC[C@@H]2C3)c1. The zero-order chi connectivity index (χ0) is 31.9. The van der Waals surface area contributed by atoms with E-state index in [4.69, 9.17) is 18.9 Å². The maximum Gasteiger partial charge on any atom is 0.286 e. The van der Waals surface area contributed by atoms with E-state index < -0.39 is 25.8 Å². The highest BCUT2D eigenvalue weighted by atomic mass is 28.4. The number of pyridine rings is 2. The molecule has 2 atom stereocenters. The van der Waals surface area contributed by atoms with Crippen molar-refractivity contribution < 1.29 is 27.5 Å². The van der Waals surface area contributed by atoms with Crippen molar-refractivity contribution in [2.75, 3.05) is 31.7 Å². The number of anilines is 1. The normalized spacial score (nSPS) is 20.2. The summed E-state index contributed by atoms with van der Waals surface area (Å²) in [6.07, 6.45) is 3.18. The van der Waals surface area contributed by atoms with Crippen LogP contribution >= 0.6 is 0 Å². The highest BCUT2D eigenvalue weighted by Crippen LogP contribution is 2.58. The first-order valence-corrected chi connectivity index (χ1v) is 18.1. The summed E-state index contributed by atoms with van der Waals surface area (Å²) in [7, 11) is -1.90. The molecule has 0 radical (unpaired) electrons. The molecule has 10 heteroatoms. The predicted octanol–water partition coefficient (Wildman–Crippen LogP) is 7.89. The number of alkyl halides is 2. The number of aryl methyl sites for hydroxylation is 1. The Balaban J connectivity index is 1.41. The average Bonchev–Trinajstić information content (AvgIpc) is 3.72. The molecule has 2 fully saturated rings. The van der Waals surface area contributed by atoms with Crippen LogP contribution in [-0.4, -0.2) is 50.6 Å². The molecule has 236 valence electrons. The summed E-state index contributed by atoms with van der Waals surface area (Å²) in [4.78, 5) is 21.7. The summed E-state index contributed by atoms with van der Waals surface area (Å²) in [6, 6.07) is 12.3. The number of fused-ring (bicyclic) bond motifs is 1. The summed E-state index contributed by atoms with van der Waals surface area (Å²) in [6.45, 7) is 16.2. The van der Waals surface area contributed by atoms with E-state index in [1.165, 1.54) is 12.3 Å². The Morgan fingerprint density at radius 2 is 1.89 bits per heavy atom. The van der Waals surface area contributed by atoms with Crippen LogP contribution in [0.4, 0.5) is 14.5 Å². The van der Waals surface area contributed by atoms with Crippen molar-refractivity contribution in [3.63, 3.8) is 0 Å². The van der Waals surface area contributed by atoms with Gasteiger partial charge in [-0.25, -0.2) is 4.98 Å². The molecule has 0 bridgehead atoms. The largest absolute Gasteiger partial charge is 0.475 e. The molecule has 2 aromatic heterocycles. The van der Waals surface area contributed by atoms with Crippen LogP contribution in [0, 0.1) is 12.8 Å². The third-order valence-electron chi connectivity index (χ3n) is 9.44. The minimum Gasteiger partial charge on any atom is -0.475 e. The Hall–Kier alpha value is -3.21. The molecule has 5 rings (SSSR count). The molecule has 1 aliphatic heterocycles. The van der Waals surface area contributed by atoms with Gasteiger partial charge in [-0.2, -0.15) is 8.78 Å². The summed E-state index contributed by atoms with van der Waals surface area (Å²) in [5.74, 6) is -2.65. The summed E-state index contributed by atoms with van der Waals surface area (Å²) < 4.78 is 45.9. The molecular weight excluding hydrogens is 580 g/mol. The molecule has 1 N–H and O–H groups in total. The van der Waals surface area contributed by atoms with Gasteiger partial charge < -0.3 is 19.2 Å². The second-order valence-corrected chi connectivity index (χ2v) is 18.5. The van der Waals surface area contributed by atoms with Gasteiger partial charge in [0.1, 0.15) is 12.3 Å². The Labute approximate surface area is 259 Å². The van der Waals surface area contributed by atoms with E-state index in [1.54, 1.807) is 6.07 Å². The summed E-state index contributed by atoms with van der Waals surface area (Å²) in [5, 5.41) is 2.97. The van der Waals surface area contributed by atoms with E-state index in [9.17, 15) is 13.6 Å². The van der Waals surface area contributed by atoms with Gasteiger partial charge in [0, 0.05) is 42.5 Å². The maximum atomic E-state index is 13.8. The quantitative estimate of drug-likeness (QED) is 0.183. The van der Waals surface area contributed by atoms with Crippen molar-refractivity contribution in [3.8, 4) is 17.0 Å². The average molecular weight is 624 g/mol. The monoisotopic (exact) mass is 623 g/mol. The van der Waals surface area contributed by atoms with E-state index in [2.05, 4.69) is 50.2 Å². The van der Waals surface area contributed by atoms with Gasteiger partial charge in [-0.1, -0.05) is 26.8 Å². The lowest BCUT2D eigenvalue weighted by Crippen LogP contribution is -2.41. The highest BCUT2D eigenvalue weighted by molar-refractivity contribution is 6.74. The van der Waals surface area contributed by atoms with Crippen molar-refractivity contribution in [1.82, 2.24) is 9.97 Å². The van der Waals surface area contributed by atoms with Crippen molar-refractivity contribution in [2.24, 2.45) is 5.92 Å².